The standard InChI is InChI=1S/C25H38O4.C23H30O5/c1-17(2)9-7-10-18(3)11-8-12-25(5)19(4)13-21-23(28-6)14-20(15-26)22(16-27)24(21)29-25;1-15(2)7-5-8-16(3)9-6-10-23(4)21(27)12-18-20(26)11-17(13-24)19(14-25)22(18)28-23/h9,11,14,19,26-27H,7-8,10,12-13,15-16H2,1-6H3;7,9,11,13-14,21,26-27H,5-6,8,10,12H2,1-4H3/b18-11+;16-9+/t19-,25-;21-,23-/m00/s1. The number of rotatable bonds is 17. The van der Waals surface area contributed by atoms with E-state index in [9.17, 15) is 30.0 Å². The molecule has 0 saturated carbocycles. The van der Waals surface area contributed by atoms with E-state index in [4.69, 9.17) is 14.2 Å². The zero-order valence-electron chi connectivity index (χ0n) is 36.1. The van der Waals surface area contributed by atoms with Gasteiger partial charge in [0, 0.05) is 28.7 Å². The number of allylic oxidation sites excluding steroid dienone is 8. The van der Waals surface area contributed by atoms with Gasteiger partial charge in [-0.2, -0.15) is 0 Å². The molecule has 9 heteroatoms. The van der Waals surface area contributed by atoms with Crippen LogP contribution in [-0.2, 0) is 26.1 Å². The van der Waals surface area contributed by atoms with Crippen LogP contribution in [0, 0.1) is 5.92 Å². The van der Waals surface area contributed by atoms with Crippen LogP contribution in [-0.4, -0.2) is 57.4 Å². The number of phenolic OH excluding ortho intramolecular Hbond substituents is 1. The van der Waals surface area contributed by atoms with Gasteiger partial charge in [-0.15, -0.1) is 0 Å². The molecule has 57 heavy (non-hydrogen) atoms. The lowest BCUT2D eigenvalue weighted by Gasteiger charge is -2.42. The quantitative estimate of drug-likeness (QED) is 0.0910. The van der Waals surface area contributed by atoms with Gasteiger partial charge < -0.3 is 34.6 Å². The van der Waals surface area contributed by atoms with Crippen LogP contribution in [0.15, 0.2) is 58.7 Å². The molecule has 9 nitrogen and oxygen atoms in total. The first-order valence-corrected chi connectivity index (χ1v) is 20.3. The summed E-state index contributed by atoms with van der Waals surface area (Å²) < 4.78 is 18.1. The molecule has 314 valence electrons. The molecule has 0 saturated heterocycles. The van der Waals surface area contributed by atoms with E-state index in [1.807, 2.05) is 6.07 Å². The van der Waals surface area contributed by atoms with E-state index >= 15 is 0 Å². The van der Waals surface area contributed by atoms with Crippen molar-refractivity contribution in [3.63, 3.8) is 0 Å². The van der Waals surface area contributed by atoms with Crippen LogP contribution in [0.5, 0.6) is 23.0 Å². The van der Waals surface area contributed by atoms with Gasteiger partial charge in [0.05, 0.1) is 32.0 Å². The van der Waals surface area contributed by atoms with Crippen LogP contribution in [0.25, 0.3) is 0 Å². The Bertz CT molecular complexity index is 1830. The highest BCUT2D eigenvalue weighted by atomic mass is 16.5. The molecule has 4 rings (SSSR count). The summed E-state index contributed by atoms with van der Waals surface area (Å²) in [6.07, 6.45) is 17.5. The molecule has 2 heterocycles. The number of aldehydes is 2. The second-order valence-electron chi connectivity index (χ2n) is 16.8. The maximum Gasteiger partial charge on any atom is 0.154 e. The minimum Gasteiger partial charge on any atom is -0.508 e. The van der Waals surface area contributed by atoms with E-state index in [1.165, 1.54) is 28.4 Å². The van der Waals surface area contributed by atoms with E-state index in [-0.39, 0.29) is 47.9 Å². The monoisotopic (exact) mass is 788 g/mol. The molecule has 4 atom stereocenters. The second-order valence-corrected chi connectivity index (χ2v) is 16.8. The van der Waals surface area contributed by atoms with Crippen molar-refractivity contribution in [2.24, 2.45) is 5.92 Å². The molecular formula is C48H68O9. The van der Waals surface area contributed by atoms with Crippen molar-refractivity contribution in [3.05, 3.63) is 92.1 Å². The number of fused-ring (bicyclic) bond motifs is 2. The fourth-order valence-corrected chi connectivity index (χ4v) is 7.51. The van der Waals surface area contributed by atoms with Crippen molar-refractivity contribution in [3.8, 4) is 23.0 Å². The van der Waals surface area contributed by atoms with Gasteiger partial charge in [-0.3, -0.25) is 9.59 Å². The van der Waals surface area contributed by atoms with Crippen LogP contribution in [0.3, 0.4) is 0 Å². The molecule has 2 aromatic carbocycles. The topological polar surface area (TPSA) is 143 Å². The Morgan fingerprint density at radius 3 is 1.82 bits per heavy atom. The SMILES string of the molecule is CC(C)=CCC/C(C)=C/CC[C@]1(C)Oc2c(C=O)c(C=O)cc(O)c2C[C@@H]1O.COc1cc(CO)c(CO)c2c1C[C@H](C)[C@](C)(CC/C=C(\C)CCC=C(C)C)O2. The number of methoxy groups -OCH3 is 1. The average Bonchev–Trinajstić information content (AvgIpc) is 3.15. The molecule has 2 aliphatic heterocycles. The first-order valence-electron chi connectivity index (χ1n) is 20.3. The number of phenols is 1. The molecule has 0 radical (unpaired) electrons. The van der Waals surface area contributed by atoms with E-state index in [2.05, 4.69) is 79.7 Å². The summed E-state index contributed by atoms with van der Waals surface area (Å²) in [5, 5.41) is 40.5. The molecule has 0 unspecified atom stereocenters. The third-order valence-electron chi connectivity index (χ3n) is 11.5. The molecule has 0 aliphatic carbocycles. The summed E-state index contributed by atoms with van der Waals surface area (Å²) in [5.74, 6) is 1.80. The number of hydrogen-bond acceptors (Lipinski definition) is 9. The van der Waals surface area contributed by atoms with Crippen LogP contribution < -0.4 is 14.2 Å². The average molecular weight is 789 g/mol. The minimum absolute atomic E-state index is 0.0833. The van der Waals surface area contributed by atoms with E-state index in [1.54, 1.807) is 14.0 Å². The number of carbonyl (C=O) groups is 2. The molecule has 4 N–H and O–H groups in total. The zero-order chi connectivity index (χ0) is 42.5. The highest BCUT2D eigenvalue weighted by molar-refractivity contribution is 5.94. The lowest BCUT2D eigenvalue weighted by Crippen LogP contribution is -2.49. The fourth-order valence-electron chi connectivity index (χ4n) is 7.51. The van der Waals surface area contributed by atoms with Crippen molar-refractivity contribution in [2.75, 3.05) is 7.11 Å². The van der Waals surface area contributed by atoms with Gasteiger partial charge >= 0.3 is 0 Å². The fraction of sp³-hybridized carbons (Fsp3) is 0.542. The number of benzene rings is 2. The van der Waals surface area contributed by atoms with Gasteiger partial charge in [-0.05, 0) is 137 Å². The van der Waals surface area contributed by atoms with Crippen molar-refractivity contribution in [2.45, 2.75) is 157 Å². The Morgan fingerprint density at radius 1 is 0.772 bits per heavy atom. The van der Waals surface area contributed by atoms with E-state index in [0.717, 1.165) is 62.7 Å². The normalized spacial score (nSPS) is 21.4. The molecule has 0 amide bonds. The number of aromatic hydroxyl groups is 1. The van der Waals surface area contributed by atoms with Gasteiger partial charge in [0.15, 0.2) is 12.6 Å². The Morgan fingerprint density at radius 2 is 1.33 bits per heavy atom. The van der Waals surface area contributed by atoms with Crippen LogP contribution in [0.2, 0.25) is 0 Å². The van der Waals surface area contributed by atoms with Crippen LogP contribution >= 0.6 is 0 Å². The Hall–Kier alpha value is -4.18. The maximum absolute atomic E-state index is 11.5. The maximum atomic E-state index is 11.5. The largest absolute Gasteiger partial charge is 0.508 e. The number of carbonyl (C=O) groups excluding carboxylic acids is 2. The summed E-state index contributed by atoms with van der Waals surface area (Å²) in [6.45, 7) is 18.6. The van der Waals surface area contributed by atoms with Gasteiger partial charge in [-0.25, -0.2) is 0 Å². The smallest absolute Gasteiger partial charge is 0.154 e. The van der Waals surface area contributed by atoms with Crippen LogP contribution in [0.4, 0.5) is 0 Å². The van der Waals surface area contributed by atoms with E-state index in [0.29, 0.717) is 47.4 Å². The molecule has 2 aliphatic rings. The van der Waals surface area contributed by atoms with Gasteiger partial charge in [0.1, 0.15) is 34.2 Å². The number of ether oxygens (including phenoxy) is 3. The molecule has 0 aromatic heterocycles. The summed E-state index contributed by atoms with van der Waals surface area (Å²) >= 11 is 0. The lowest BCUT2D eigenvalue weighted by molar-refractivity contribution is -0.0595. The summed E-state index contributed by atoms with van der Waals surface area (Å²) in [5.41, 5.74) is 7.03. The van der Waals surface area contributed by atoms with E-state index < -0.39 is 11.7 Å². The molecule has 0 bridgehead atoms. The third kappa shape index (κ3) is 12.4. The third-order valence-corrected chi connectivity index (χ3v) is 11.5. The van der Waals surface area contributed by atoms with Crippen molar-refractivity contribution in [1.29, 1.82) is 0 Å². The summed E-state index contributed by atoms with van der Waals surface area (Å²) in [6, 6.07) is 3.06. The minimum atomic E-state index is -0.907. The first kappa shape index (κ1) is 47.2. The van der Waals surface area contributed by atoms with Crippen LogP contribution in [0.1, 0.15) is 157 Å². The zero-order valence-corrected chi connectivity index (χ0v) is 36.1. The number of aliphatic hydroxyl groups excluding tert-OH is 3. The highest BCUT2D eigenvalue weighted by Crippen LogP contribution is 2.47. The predicted octanol–water partition coefficient (Wildman–Crippen LogP) is 10.0. The molecule has 0 fully saturated rings. The van der Waals surface area contributed by atoms with Crippen molar-refractivity contribution in [1.82, 2.24) is 0 Å². The molecule has 0 spiro atoms. The Balaban J connectivity index is 0.000000306. The van der Waals surface area contributed by atoms with Crippen molar-refractivity contribution >= 4 is 12.6 Å². The predicted molar refractivity (Wildman–Crippen MR) is 228 cm³/mol. The molecule has 2 aromatic rings. The summed E-state index contributed by atoms with van der Waals surface area (Å²) in [7, 11) is 1.64. The summed E-state index contributed by atoms with van der Waals surface area (Å²) in [4.78, 5) is 22.8. The second kappa shape index (κ2) is 21.5. The highest BCUT2D eigenvalue weighted by Gasteiger charge is 2.42. The van der Waals surface area contributed by atoms with Gasteiger partial charge in [-0.1, -0.05) is 53.5 Å². The molecular weight excluding hydrogens is 721 g/mol. The Kier molecular flexibility index (Phi) is 17.8. The van der Waals surface area contributed by atoms with Gasteiger partial charge in [0.25, 0.3) is 0 Å². The van der Waals surface area contributed by atoms with Gasteiger partial charge in [0.2, 0.25) is 0 Å². The first-order chi connectivity index (χ1) is 27.0. The lowest BCUT2D eigenvalue weighted by atomic mass is 9.78. The Labute approximate surface area is 341 Å². The van der Waals surface area contributed by atoms with Crippen molar-refractivity contribution < 1.29 is 44.2 Å². The number of aliphatic hydroxyl groups is 3. The number of hydrogen-bond donors (Lipinski definition) is 4.